The zero-order valence-corrected chi connectivity index (χ0v) is 22.4. The van der Waals surface area contributed by atoms with Crippen molar-refractivity contribution < 1.29 is 24.2 Å². The fraction of sp³-hybridized carbons (Fsp3) is 0.640. The molecule has 3 unspecified atom stereocenters. The zero-order valence-electron chi connectivity index (χ0n) is 21.5. The molecule has 0 heterocycles. The zero-order chi connectivity index (χ0) is 26.1. The Morgan fingerprint density at radius 1 is 1.21 bits per heavy atom. The van der Waals surface area contributed by atoms with E-state index in [1.807, 2.05) is 20.8 Å². The SMILES string of the molecule is CCCCNC(=O)C(c1ccc(O)c(C)c1)N(C(=O)C(CS)NC(=O)OC(C)(C)C)C(C)CC. The van der Waals surface area contributed by atoms with Crippen LogP contribution in [0.25, 0.3) is 0 Å². The molecule has 0 radical (unpaired) electrons. The molecule has 3 amide bonds. The van der Waals surface area contributed by atoms with Crippen molar-refractivity contribution in [2.24, 2.45) is 0 Å². The normalized spacial score (nSPS) is 14.0. The van der Waals surface area contributed by atoms with Crippen molar-refractivity contribution in [1.82, 2.24) is 15.5 Å². The Kier molecular flexibility index (Phi) is 11.7. The summed E-state index contributed by atoms with van der Waals surface area (Å²) in [6.45, 7) is 13.2. The van der Waals surface area contributed by atoms with E-state index in [1.54, 1.807) is 39.8 Å². The summed E-state index contributed by atoms with van der Waals surface area (Å²) >= 11 is 4.29. The topological polar surface area (TPSA) is 108 Å². The maximum absolute atomic E-state index is 13.8. The molecular formula is C25H41N3O5S. The minimum Gasteiger partial charge on any atom is -0.508 e. The number of thiol groups is 1. The Morgan fingerprint density at radius 3 is 2.35 bits per heavy atom. The molecule has 0 aliphatic carbocycles. The van der Waals surface area contributed by atoms with Crippen molar-refractivity contribution >= 4 is 30.5 Å². The number of aryl methyl sites for hydroxylation is 1. The van der Waals surface area contributed by atoms with E-state index >= 15 is 0 Å². The Morgan fingerprint density at radius 2 is 1.85 bits per heavy atom. The van der Waals surface area contributed by atoms with Crippen LogP contribution in [0.3, 0.4) is 0 Å². The largest absolute Gasteiger partial charge is 0.508 e. The molecular weight excluding hydrogens is 454 g/mol. The lowest BCUT2D eigenvalue weighted by Gasteiger charge is -2.38. The number of aromatic hydroxyl groups is 1. The van der Waals surface area contributed by atoms with Crippen LogP contribution in [0.2, 0.25) is 0 Å². The summed E-state index contributed by atoms with van der Waals surface area (Å²) in [6.07, 6.45) is 1.59. The highest BCUT2D eigenvalue weighted by atomic mass is 32.1. The van der Waals surface area contributed by atoms with E-state index in [1.165, 1.54) is 11.0 Å². The fourth-order valence-corrected chi connectivity index (χ4v) is 3.63. The molecule has 192 valence electrons. The van der Waals surface area contributed by atoms with Gasteiger partial charge < -0.3 is 25.4 Å². The number of alkyl carbamates (subject to hydrolysis) is 1. The highest BCUT2D eigenvalue weighted by Gasteiger charge is 2.38. The fourth-order valence-electron chi connectivity index (χ4n) is 3.38. The number of phenols is 1. The standard InChI is InChI=1S/C25H41N3O5S/c1-8-10-13-26-22(30)21(18-11-12-20(29)16(3)14-18)28(17(4)9-2)23(31)19(15-34)27-24(32)33-25(5,6)7/h11-12,14,17,19,21,29,34H,8-10,13,15H2,1-7H3,(H,26,30)(H,27,32). The summed E-state index contributed by atoms with van der Waals surface area (Å²) in [5, 5.41) is 15.5. The predicted molar refractivity (Wildman–Crippen MR) is 137 cm³/mol. The van der Waals surface area contributed by atoms with Gasteiger partial charge in [0, 0.05) is 18.3 Å². The number of nitrogens with one attached hydrogen (secondary N) is 2. The van der Waals surface area contributed by atoms with Crippen molar-refractivity contribution in [2.75, 3.05) is 12.3 Å². The number of unbranched alkanes of at least 4 members (excludes halogenated alkanes) is 1. The molecule has 3 N–H and O–H groups in total. The van der Waals surface area contributed by atoms with Gasteiger partial charge in [0.15, 0.2) is 0 Å². The molecule has 0 aromatic heterocycles. The number of ether oxygens (including phenoxy) is 1. The molecule has 0 saturated carbocycles. The van der Waals surface area contributed by atoms with Gasteiger partial charge in [-0.05, 0) is 70.7 Å². The molecule has 8 nitrogen and oxygen atoms in total. The summed E-state index contributed by atoms with van der Waals surface area (Å²) in [5.41, 5.74) is 0.446. The van der Waals surface area contributed by atoms with E-state index in [-0.39, 0.29) is 23.5 Å². The third-order valence-electron chi connectivity index (χ3n) is 5.38. The van der Waals surface area contributed by atoms with Crippen molar-refractivity contribution in [3.8, 4) is 5.75 Å². The van der Waals surface area contributed by atoms with Gasteiger partial charge >= 0.3 is 6.09 Å². The number of hydrogen-bond donors (Lipinski definition) is 4. The summed E-state index contributed by atoms with van der Waals surface area (Å²) in [7, 11) is 0. The van der Waals surface area contributed by atoms with Gasteiger partial charge in [0.25, 0.3) is 0 Å². The molecule has 1 aromatic rings. The van der Waals surface area contributed by atoms with Crippen molar-refractivity contribution in [2.45, 2.75) is 91.5 Å². The number of carbonyl (C=O) groups excluding carboxylic acids is 3. The third-order valence-corrected chi connectivity index (χ3v) is 5.75. The number of phenolic OH excluding ortho intramolecular Hbond substituents is 1. The maximum atomic E-state index is 13.8. The van der Waals surface area contributed by atoms with Gasteiger partial charge in [0.1, 0.15) is 23.4 Å². The first-order valence-electron chi connectivity index (χ1n) is 11.9. The van der Waals surface area contributed by atoms with Crippen LogP contribution in [0.4, 0.5) is 4.79 Å². The van der Waals surface area contributed by atoms with Gasteiger partial charge in [-0.1, -0.05) is 26.3 Å². The second-order valence-corrected chi connectivity index (χ2v) is 9.84. The lowest BCUT2D eigenvalue weighted by molar-refractivity contribution is -0.144. The number of nitrogens with zero attached hydrogens (tertiary/aromatic N) is 1. The second kappa shape index (κ2) is 13.5. The van der Waals surface area contributed by atoms with Gasteiger partial charge in [-0.15, -0.1) is 0 Å². The quantitative estimate of drug-likeness (QED) is 0.273. The summed E-state index contributed by atoms with van der Waals surface area (Å²) in [6, 6.07) is 2.63. The smallest absolute Gasteiger partial charge is 0.408 e. The van der Waals surface area contributed by atoms with Gasteiger partial charge in [-0.2, -0.15) is 12.6 Å². The number of carbonyl (C=O) groups is 3. The van der Waals surface area contributed by atoms with E-state index in [4.69, 9.17) is 4.74 Å². The van der Waals surface area contributed by atoms with Gasteiger partial charge in [0.2, 0.25) is 11.8 Å². The lowest BCUT2D eigenvalue weighted by atomic mass is 9.98. The third kappa shape index (κ3) is 8.74. The first kappa shape index (κ1) is 29.6. The highest BCUT2D eigenvalue weighted by molar-refractivity contribution is 7.80. The molecule has 0 saturated heterocycles. The second-order valence-electron chi connectivity index (χ2n) is 9.48. The summed E-state index contributed by atoms with van der Waals surface area (Å²) in [4.78, 5) is 41.0. The van der Waals surface area contributed by atoms with Gasteiger partial charge in [-0.25, -0.2) is 4.79 Å². The summed E-state index contributed by atoms with van der Waals surface area (Å²) < 4.78 is 5.31. The maximum Gasteiger partial charge on any atom is 0.408 e. The number of benzene rings is 1. The van der Waals surface area contributed by atoms with E-state index in [9.17, 15) is 19.5 Å². The minimum atomic E-state index is -0.990. The Hall–Kier alpha value is -2.42. The molecule has 1 aromatic carbocycles. The van der Waals surface area contributed by atoms with Crippen molar-refractivity contribution in [1.29, 1.82) is 0 Å². The highest BCUT2D eigenvalue weighted by Crippen LogP contribution is 2.29. The van der Waals surface area contributed by atoms with E-state index in [2.05, 4.69) is 23.3 Å². The average Bonchev–Trinajstić information content (AvgIpc) is 2.75. The number of hydrogen-bond acceptors (Lipinski definition) is 6. The number of amides is 3. The lowest BCUT2D eigenvalue weighted by Crippen LogP contribution is -2.56. The molecule has 34 heavy (non-hydrogen) atoms. The van der Waals surface area contributed by atoms with Crippen molar-refractivity contribution in [3.05, 3.63) is 29.3 Å². The van der Waals surface area contributed by atoms with Crippen LogP contribution in [0, 0.1) is 6.92 Å². The predicted octanol–water partition coefficient (Wildman–Crippen LogP) is 4.11. The van der Waals surface area contributed by atoms with Crippen LogP contribution in [-0.2, 0) is 14.3 Å². The molecule has 1 rings (SSSR count). The minimum absolute atomic E-state index is 0.0315. The van der Waals surface area contributed by atoms with Crippen LogP contribution in [0.5, 0.6) is 5.75 Å². The molecule has 3 atom stereocenters. The summed E-state index contributed by atoms with van der Waals surface area (Å²) in [5.74, 6) is -0.613. The average molecular weight is 496 g/mol. The Balaban J connectivity index is 3.42. The van der Waals surface area contributed by atoms with E-state index in [0.29, 0.717) is 24.1 Å². The van der Waals surface area contributed by atoms with Crippen molar-refractivity contribution in [3.63, 3.8) is 0 Å². The molecule has 0 fully saturated rings. The first-order valence-corrected chi connectivity index (χ1v) is 12.5. The Bertz CT molecular complexity index is 840. The van der Waals surface area contributed by atoms with E-state index in [0.717, 1.165) is 12.8 Å². The molecule has 9 heteroatoms. The molecule has 0 spiro atoms. The Labute approximate surface area is 209 Å². The molecule has 0 aliphatic heterocycles. The monoisotopic (exact) mass is 495 g/mol. The van der Waals surface area contributed by atoms with Crippen LogP contribution in [0.15, 0.2) is 18.2 Å². The molecule has 0 aliphatic rings. The van der Waals surface area contributed by atoms with Crippen LogP contribution in [0.1, 0.15) is 78.0 Å². The molecule has 0 bridgehead atoms. The van der Waals surface area contributed by atoms with Gasteiger partial charge in [-0.3, -0.25) is 9.59 Å². The number of rotatable bonds is 11. The van der Waals surface area contributed by atoms with Crippen LogP contribution in [-0.4, -0.2) is 57.9 Å². The van der Waals surface area contributed by atoms with Crippen LogP contribution < -0.4 is 10.6 Å². The van der Waals surface area contributed by atoms with Gasteiger partial charge in [0.05, 0.1) is 0 Å². The van der Waals surface area contributed by atoms with E-state index < -0.39 is 29.7 Å². The first-order chi connectivity index (χ1) is 15.9. The van der Waals surface area contributed by atoms with Crippen LogP contribution >= 0.6 is 12.6 Å².